The third-order valence-corrected chi connectivity index (χ3v) is 3.97. The van der Waals surface area contributed by atoms with Crippen molar-refractivity contribution in [1.29, 1.82) is 0 Å². The van der Waals surface area contributed by atoms with Crippen LogP contribution in [0, 0.1) is 0 Å². The molecule has 1 atom stereocenters. The Morgan fingerprint density at radius 1 is 1.29 bits per heavy atom. The van der Waals surface area contributed by atoms with E-state index in [4.69, 9.17) is 11.6 Å². The minimum atomic E-state index is 0.394. The summed E-state index contributed by atoms with van der Waals surface area (Å²) in [4.78, 5) is 0. The summed E-state index contributed by atoms with van der Waals surface area (Å²) in [5.41, 5.74) is 1.36. The second-order valence-corrected chi connectivity index (χ2v) is 5.75. The zero-order chi connectivity index (χ0) is 12.3. The topological polar surface area (TPSA) is 12.0 Å². The van der Waals surface area contributed by atoms with Gasteiger partial charge >= 0.3 is 0 Å². The summed E-state index contributed by atoms with van der Waals surface area (Å²) in [6.07, 6.45) is 2.24. The lowest BCUT2D eigenvalue weighted by atomic mass is 10.1. The zero-order valence-electron chi connectivity index (χ0n) is 10.5. The van der Waals surface area contributed by atoms with E-state index in [2.05, 4.69) is 42.6 Å². The first-order valence-corrected chi connectivity index (χ1v) is 7.96. The van der Waals surface area contributed by atoms with Crippen LogP contribution >= 0.6 is 23.4 Å². The van der Waals surface area contributed by atoms with E-state index < -0.39 is 0 Å². The van der Waals surface area contributed by atoms with E-state index in [1.807, 2.05) is 11.8 Å². The predicted octanol–water partition coefficient (Wildman–Crippen LogP) is 3.57. The van der Waals surface area contributed by atoms with Crippen LogP contribution in [0.5, 0.6) is 0 Å². The number of rotatable bonds is 9. The van der Waals surface area contributed by atoms with Gasteiger partial charge in [-0.2, -0.15) is 11.8 Å². The summed E-state index contributed by atoms with van der Waals surface area (Å²) in [5, 5.41) is 3.53. The molecule has 1 aromatic carbocycles. The van der Waals surface area contributed by atoms with Crippen molar-refractivity contribution in [2.24, 2.45) is 0 Å². The van der Waals surface area contributed by atoms with Crippen LogP contribution in [0.1, 0.15) is 18.9 Å². The lowest BCUT2D eigenvalue weighted by Crippen LogP contribution is -2.33. The van der Waals surface area contributed by atoms with E-state index in [-0.39, 0.29) is 0 Å². The first-order chi connectivity index (χ1) is 8.36. The molecule has 0 spiro atoms. The molecule has 0 aromatic heterocycles. The van der Waals surface area contributed by atoms with Crippen molar-refractivity contribution in [3.63, 3.8) is 0 Å². The van der Waals surface area contributed by atoms with Crippen molar-refractivity contribution >= 4 is 23.4 Å². The molecular weight excluding hydrogens is 250 g/mol. The highest BCUT2D eigenvalue weighted by atomic mass is 35.5. The Hall–Kier alpha value is -0.180. The number of hydrogen-bond acceptors (Lipinski definition) is 2. The number of benzene rings is 1. The minimum Gasteiger partial charge on any atom is -0.312 e. The number of halogens is 1. The Labute approximate surface area is 114 Å². The Bertz CT molecular complexity index is 279. The van der Waals surface area contributed by atoms with E-state index in [0.717, 1.165) is 13.0 Å². The van der Waals surface area contributed by atoms with Crippen molar-refractivity contribution in [2.75, 3.05) is 23.9 Å². The van der Waals surface area contributed by atoms with Gasteiger partial charge in [-0.3, -0.25) is 0 Å². The summed E-state index contributed by atoms with van der Waals surface area (Å²) < 4.78 is 0. The summed E-state index contributed by atoms with van der Waals surface area (Å²) in [7, 11) is 0. The van der Waals surface area contributed by atoms with Gasteiger partial charge in [-0.1, -0.05) is 37.3 Å². The van der Waals surface area contributed by atoms with Gasteiger partial charge in [-0.25, -0.2) is 0 Å². The van der Waals surface area contributed by atoms with Crippen LogP contribution in [0.25, 0.3) is 0 Å². The Morgan fingerprint density at radius 2 is 2.06 bits per heavy atom. The second-order valence-electron chi connectivity index (χ2n) is 4.05. The third-order valence-electron chi connectivity index (χ3n) is 2.61. The SMILES string of the molecule is CCSCCCNC(CCl)Cc1ccccc1. The molecule has 1 aromatic rings. The molecule has 1 rings (SSSR count). The van der Waals surface area contributed by atoms with Crippen molar-refractivity contribution < 1.29 is 0 Å². The van der Waals surface area contributed by atoms with Crippen LogP contribution in [0.15, 0.2) is 30.3 Å². The lowest BCUT2D eigenvalue weighted by molar-refractivity contribution is 0.549. The maximum Gasteiger partial charge on any atom is 0.0380 e. The van der Waals surface area contributed by atoms with E-state index in [9.17, 15) is 0 Å². The average molecular weight is 272 g/mol. The van der Waals surface area contributed by atoms with Gasteiger partial charge in [0.05, 0.1) is 0 Å². The molecule has 0 aliphatic heterocycles. The molecule has 1 nitrogen and oxygen atoms in total. The van der Waals surface area contributed by atoms with Gasteiger partial charge < -0.3 is 5.32 Å². The highest BCUT2D eigenvalue weighted by molar-refractivity contribution is 7.99. The summed E-state index contributed by atoms with van der Waals surface area (Å²) in [5.74, 6) is 3.13. The highest BCUT2D eigenvalue weighted by Gasteiger charge is 2.06. The van der Waals surface area contributed by atoms with Crippen LogP contribution in [0.2, 0.25) is 0 Å². The van der Waals surface area contributed by atoms with Crippen LogP contribution in [-0.4, -0.2) is 30.0 Å². The molecule has 0 saturated carbocycles. The number of thioether (sulfide) groups is 1. The summed E-state index contributed by atoms with van der Waals surface area (Å²) >= 11 is 7.99. The van der Waals surface area contributed by atoms with Crippen LogP contribution in [-0.2, 0) is 6.42 Å². The lowest BCUT2D eigenvalue weighted by Gasteiger charge is -2.16. The molecule has 0 fully saturated rings. The Kier molecular flexibility index (Phi) is 8.59. The number of hydrogen-bond donors (Lipinski definition) is 1. The normalized spacial score (nSPS) is 12.6. The van der Waals surface area contributed by atoms with Crippen molar-refractivity contribution in [3.8, 4) is 0 Å². The van der Waals surface area contributed by atoms with Gasteiger partial charge in [0.15, 0.2) is 0 Å². The van der Waals surface area contributed by atoms with E-state index in [0.29, 0.717) is 11.9 Å². The van der Waals surface area contributed by atoms with E-state index >= 15 is 0 Å². The van der Waals surface area contributed by atoms with Crippen molar-refractivity contribution in [2.45, 2.75) is 25.8 Å². The van der Waals surface area contributed by atoms with Crippen LogP contribution in [0.3, 0.4) is 0 Å². The molecule has 96 valence electrons. The molecule has 0 bridgehead atoms. The molecule has 3 heteroatoms. The van der Waals surface area contributed by atoms with E-state index in [1.165, 1.54) is 23.5 Å². The fraction of sp³-hybridized carbons (Fsp3) is 0.571. The molecule has 0 aliphatic rings. The number of nitrogens with one attached hydrogen (secondary N) is 1. The summed E-state index contributed by atoms with van der Waals surface area (Å²) in [6, 6.07) is 10.9. The Morgan fingerprint density at radius 3 is 2.71 bits per heavy atom. The van der Waals surface area contributed by atoms with Gasteiger partial charge in [-0.05, 0) is 36.5 Å². The quantitative estimate of drug-likeness (QED) is 0.544. The van der Waals surface area contributed by atoms with Gasteiger partial charge in [-0.15, -0.1) is 11.6 Å². The van der Waals surface area contributed by atoms with Crippen LogP contribution in [0.4, 0.5) is 0 Å². The smallest absolute Gasteiger partial charge is 0.0380 e. The highest BCUT2D eigenvalue weighted by Crippen LogP contribution is 2.05. The van der Waals surface area contributed by atoms with Crippen molar-refractivity contribution in [3.05, 3.63) is 35.9 Å². The predicted molar refractivity (Wildman–Crippen MR) is 80.3 cm³/mol. The first-order valence-electron chi connectivity index (χ1n) is 6.27. The molecule has 0 amide bonds. The largest absolute Gasteiger partial charge is 0.312 e. The first kappa shape index (κ1) is 14.9. The van der Waals surface area contributed by atoms with Gasteiger partial charge in [0, 0.05) is 11.9 Å². The summed E-state index contributed by atoms with van der Waals surface area (Å²) in [6.45, 7) is 3.27. The second kappa shape index (κ2) is 9.81. The average Bonchev–Trinajstić information content (AvgIpc) is 2.38. The molecule has 1 N–H and O–H groups in total. The Balaban J connectivity index is 2.20. The molecular formula is C14H22ClNS. The van der Waals surface area contributed by atoms with Gasteiger partial charge in [0.2, 0.25) is 0 Å². The van der Waals surface area contributed by atoms with E-state index in [1.54, 1.807) is 0 Å². The maximum absolute atomic E-state index is 5.99. The molecule has 1 unspecified atom stereocenters. The monoisotopic (exact) mass is 271 g/mol. The molecule has 0 radical (unpaired) electrons. The third kappa shape index (κ3) is 6.97. The van der Waals surface area contributed by atoms with Crippen molar-refractivity contribution in [1.82, 2.24) is 5.32 Å². The zero-order valence-corrected chi connectivity index (χ0v) is 12.1. The molecule has 0 heterocycles. The van der Waals surface area contributed by atoms with Crippen LogP contribution < -0.4 is 5.32 Å². The number of alkyl halides is 1. The fourth-order valence-electron chi connectivity index (χ4n) is 1.70. The van der Waals surface area contributed by atoms with Gasteiger partial charge in [0.25, 0.3) is 0 Å². The maximum atomic E-state index is 5.99. The minimum absolute atomic E-state index is 0.394. The van der Waals surface area contributed by atoms with Gasteiger partial charge in [0.1, 0.15) is 0 Å². The molecule has 0 aliphatic carbocycles. The standard InChI is InChI=1S/C14H22ClNS/c1-2-17-10-6-9-16-14(12-15)11-13-7-4-3-5-8-13/h3-5,7-8,14,16H,2,6,9-12H2,1H3. The molecule has 0 saturated heterocycles. The molecule has 17 heavy (non-hydrogen) atoms. The fourth-order valence-corrected chi connectivity index (χ4v) is 2.56.